The van der Waals surface area contributed by atoms with Crippen LogP contribution in [0.1, 0.15) is 11.1 Å². The lowest BCUT2D eigenvalue weighted by Gasteiger charge is -2.26. The molecule has 4 aromatic rings. The first-order valence-corrected chi connectivity index (χ1v) is 10.3. The third-order valence-corrected chi connectivity index (χ3v) is 6.01. The zero-order valence-corrected chi connectivity index (χ0v) is 18.3. The van der Waals surface area contributed by atoms with Gasteiger partial charge >= 0.3 is 5.69 Å². The van der Waals surface area contributed by atoms with Crippen LogP contribution in [-0.2, 0) is 27.2 Å². The maximum absolute atomic E-state index is 14.6. The van der Waals surface area contributed by atoms with Gasteiger partial charge in [-0.1, -0.05) is 29.8 Å². The molecule has 1 aliphatic heterocycles. The van der Waals surface area contributed by atoms with Crippen molar-refractivity contribution in [3.63, 3.8) is 0 Å². The Morgan fingerprint density at radius 2 is 1.76 bits per heavy atom. The summed E-state index contributed by atoms with van der Waals surface area (Å²) in [5.41, 5.74) is 0.665. The molecule has 11 heteroatoms. The Balaban J connectivity index is 1.75. The van der Waals surface area contributed by atoms with Crippen molar-refractivity contribution in [1.29, 1.82) is 0 Å². The van der Waals surface area contributed by atoms with Crippen LogP contribution in [0, 0.1) is 11.6 Å². The molecule has 0 N–H and O–H groups in total. The van der Waals surface area contributed by atoms with Gasteiger partial charge in [0.25, 0.3) is 5.56 Å². The minimum Gasteiger partial charge on any atom is -0.297 e. The van der Waals surface area contributed by atoms with Crippen LogP contribution in [0.15, 0.2) is 57.2 Å². The van der Waals surface area contributed by atoms with Crippen LogP contribution in [0.25, 0.3) is 11.2 Å². The van der Waals surface area contributed by atoms with Crippen LogP contribution in [0.3, 0.4) is 0 Å². The summed E-state index contributed by atoms with van der Waals surface area (Å²) < 4.78 is 31.9. The van der Waals surface area contributed by atoms with Gasteiger partial charge in [-0.2, -0.15) is 10.1 Å². The van der Waals surface area contributed by atoms with Crippen molar-refractivity contribution in [2.75, 3.05) is 5.01 Å². The molecule has 0 spiro atoms. The molecule has 33 heavy (non-hydrogen) atoms. The summed E-state index contributed by atoms with van der Waals surface area (Å²) in [5, 5.41) is 6.26. The maximum Gasteiger partial charge on any atom is 0.332 e. The average molecular weight is 471 g/mol. The van der Waals surface area contributed by atoms with E-state index in [1.54, 1.807) is 22.8 Å². The summed E-state index contributed by atoms with van der Waals surface area (Å²) in [4.78, 5) is 29.9. The lowest BCUT2D eigenvalue weighted by Crippen LogP contribution is -2.38. The van der Waals surface area contributed by atoms with E-state index < -0.39 is 22.9 Å². The van der Waals surface area contributed by atoms with Crippen molar-refractivity contribution in [3.05, 3.63) is 91.1 Å². The molecule has 0 fully saturated rings. The molecule has 0 saturated heterocycles. The van der Waals surface area contributed by atoms with Crippen molar-refractivity contribution in [3.8, 4) is 0 Å². The lowest BCUT2D eigenvalue weighted by atomic mass is 10.1. The number of benzene rings is 2. The van der Waals surface area contributed by atoms with E-state index in [1.165, 1.54) is 47.9 Å². The summed E-state index contributed by atoms with van der Waals surface area (Å²) in [6.45, 7) is 0.0696. The van der Waals surface area contributed by atoms with Crippen LogP contribution in [0.2, 0.25) is 5.02 Å². The summed E-state index contributed by atoms with van der Waals surface area (Å²) in [5.74, 6) is -0.658. The molecule has 8 nitrogen and oxygen atoms in total. The second-order valence-corrected chi connectivity index (χ2v) is 8.09. The second kappa shape index (κ2) is 7.66. The molecule has 1 aliphatic rings. The average Bonchev–Trinajstić information content (AvgIpc) is 3.19. The van der Waals surface area contributed by atoms with E-state index in [9.17, 15) is 18.4 Å². The third kappa shape index (κ3) is 3.34. The highest BCUT2D eigenvalue weighted by atomic mass is 35.5. The molecule has 0 saturated carbocycles. The third-order valence-electron chi connectivity index (χ3n) is 5.66. The van der Waals surface area contributed by atoms with Crippen molar-refractivity contribution < 1.29 is 8.78 Å². The predicted molar refractivity (Wildman–Crippen MR) is 121 cm³/mol. The van der Waals surface area contributed by atoms with E-state index in [0.29, 0.717) is 11.3 Å². The normalized spacial score (nSPS) is 13.4. The lowest BCUT2D eigenvalue weighted by molar-refractivity contribution is 0.600. The van der Waals surface area contributed by atoms with Gasteiger partial charge in [0.1, 0.15) is 11.6 Å². The van der Waals surface area contributed by atoms with Crippen LogP contribution in [0.4, 0.5) is 14.7 Å². The number of hydrogen-bond acceptors (Lipinski definition) is 5. The van der Waals surface area contributed by atoms with Crippen molar-refractivity contribution in [1.82, 2.24) is 18.7 Å². The Labute approximate surface area is 190 Å². The van der Waals surface area contributed by atoms with E-state index in [2.05, 4.69) is 10.1 Å². The van der Waals surface area contributed by atoms with Gasteiger partial charge in [-0.05, 0) is 29.8 Å². The van der Waals surface area contributed by atoms with Gasteiger partial charge in [0, 0.05) is 24.7 Å². The molecular formula is C22H17ClF2N6O2. The second-order valence-electron chi connectivity index (χ2n) is 7.69. The summed E-state index contributed by atoms with van der Waals surface area (Å²) >= 11 is 6.23. The molecule has 0 bridgehead atoms. The first-order valence-electron chi connectivity index (χ1n) is 9.96. The fourth-order valence-corrected chi connectivity index (χ4v) is 4.11. The van der Waals surface area contributed by atoms with Gasteiger partial charge in [0.2, 0.25) is 5.95 Å². The molecule has 0 amide bonds. The number of aryl methyl sites for hydroxylation is 1. The van der Waals surface area contributed by atoms with E-state index in [0.717, 1.165) is 4.57 Å². The summed E-state index contributed by atoms with van der Waals surface area (Å²) in [7, 11) is 2.90. The maximum atomic E-state index is 14.6. The van der Waals surface area contributed by atoms with Crippen molar-refractivity contribution in [2.45, 2.75) is 13.1 Å². The fraction of sp³-hybridized carbons (Fsp3) is 0.182. The number of nitrogens with zero attached hydrogens (tertiary/aromatic N) is 6. The number of fused-ring (bicyclic) bond motifs is 3. The van der Waals surface area contributed by atoms with Crippen molar-refractivity contribution in [2.24, 2.45) is 19.2 Å². The minimum absolute atomic E-state index is 0.0756. The van der Waals surface area contributed by atoms with Crippen molar-refractivity contribution >= 4 is 34.4 Å². The number of rotatable bonds is 3. The molecule has 0 aliphatic carbocycles. The van der Waals surface area contributed by atoms with E-state index in [1.807, 2.05) is 0 Å². The number of anilines is 1. The number of hydrazone groups is 1. The van der Waals surface area contributed by atoms with Gasteiger partial charge in [0.05, 0.1) is 18.8 Å². The molecule has 168 valence electrons. The van der Waals surface area contributed by atoms with Crippen LogP contribution < -0.4 is 16.3 Å². The smallest absolute Gasteiger partial charge is 0.297 e. The van der Waals surface area contributed by atoms with E-state index in [-0.39, 0.29) is 40.8 Å². The van der Waals surface area contributed by atoms with Crippen LogP contribution >= 0.6 is 11.6 Å². The first kappa shape index (κ1) is 21.1. The summed E-state index contributed by atoms with van der Waals surface area (Å²) in [6, 6.07) is 10.1. The number of hydrogen-bond donors (Lipinski definition) is 0. The highest BCUT2D eigenvalue weighted by Crippen LogP contribution is 2.29. The van der Waals surface area contributed by atoms with Gasteiger partial charge < -0.3 is 0 Å². The standard InChI is InChI=1S/C22H17ClF2N6O2/c1-28-19-18(20(32)29(2)22(28)33)30-11-17(12-6-8-13(24)9-7-12)27-31(21(30)26-19)10-14-15(23)4-3-5-16(14)25/h3-9H,10-11H2,1-2H3. The Morgan fingerprint density at radius 1 is 1.03 bits per heavy atom. The molecule has 0 radical (unpaired) electrons. The van der Waals surface area contributed by atoms with E-state index >= 15 is 0 Å². The van der Waals surface area contributed by atoms with E-state index in [4.69, 9.17) is 11.6 Å². The molecule has 0 atom stereocenters. The fourth-order valence-electron chi connectivity index (χ4n) is 3.88. The summed E-state index contributed by atoms with van der Waals surface area (Å²) in [6.07, 6.45) is 0. The van der Waals surface area contributed by atoms with Gasteiger partial charge in [-0.3, -0.25) is 18.5 Å². The molecule has 3 heterocycles. The molecule has 5 rings (SSSR count). The molecule has 0 unspecified atom stereocenters. The van der Waals surface area contributed by atoms with Gasteiger partial charge in [0.15, 0.2) is 11.2 Å². The largest absolute Gasteiger partial charge is 0.332 e. The number of imidazole rings is 1. The molecule has 2 aromatic heterocycles. The highest BCUT2D eigenvalue weighted by molar-refractivity contribution is 6.31. The minimum atomic E-state index is -0.522. The number of halogens is 3. The first-order chi connectivity index (χ1) is 15.8. The molecular weight excluding hydrogens is 454 g/mol. The Kier molecular flexibility index (Phi) is 4.89. The Hall–Kier alpha value is -3.79. The Bertz CT molecular complexity index is 1550. The Morgan fingerprint density at radius 3 is 2.45 bits per heavy atom. The monoisotopic (exact) mass is 470 g/mol. The predicted octanol–water partition coefficient (Wildman–Crippen LogP) is 2.79. The molecule has 2 aromatic carbocycles. The zero-order valence-electron chi connectivity index (χ0n) is 17.6. The SMILES string of the molecule is Cn1c(=O)c2c(nc3n2CC(c2ccc(F)cc2)=NN3Cc2c(F)cccc2Cl)n(C)c1=O. The van der Waals surface area contributed by atoms with Crippen LogP contribution in [0.5, 0.6) is 0 Å². The number of aromatic nitrogens is 4. The van der Waals surface area contributed by atoms with Gasteiger partial charge in [-0.15, -0.1) is 0 Å². The quantitative estimate of drug-likeness (QED) is 0.461. The van der Waals surface area contributed by atoms with Crippen LogP contribution in [-0.4, -0.2) is 24.4 Å². The topological polar surface area (TPSA) is 77.4 Å². The highest BCUT2D eigenvalue weighted by Gasteiger charge is 2.29. The zero-order chi connectivity index (χ0) is 23.4. The van der Waals surface area contributed by atoms with Gasteiger partial charge in [-0.25, -0.2) is 18.6 Å².